The predicted octanol–water partition coefficient (Wildman–Crippen LogP) is 4.34. The third kappa shape index (κ3) is 3.03. The predicted molar refractivity (Wildman–Crippen MR) is 116 cm³/mol. The van der Waals surface area contributed by atoms with Crippen molar-refractivity contribution in [2.24, 2.45) is 11.1 Å². The van der Waals surface area contributed by atoms with Gasteiger partial charge in [-0.2, -0.15) is 5.26 Å². The number of para-hydroxylation sites is 1. The van der Waals surface area contributed by atoms with Crippen molar-refractivity contribution in [1.29, 1.82) is 5.26 Å². The van der Waals surface area contributed by atoms with Crippen LogP contribution in [0.5, 0.6) is 5.75 Å². The maximum atomic E-state index is 13.5. The first-order chi connectivity index (χ1) is 15.2. The number of methoxy groups -OCH3 is 1. The minimum absolute atomic E-state index is 0.223. The highest BCUT2D eigenvalue weighted by Crippen LogP contribution is 2.47. The molecule has 2 aliphatic rings. The molecule has 6 nitrogen and oxygen atoms in total. The summed E-state index contributed by atoms with van der Waals surface area (Å²) < 4.78 is 5.25. The van der Waals surface area contributed by atoms with Crippen molar-refractivity contribution in [2.45, 2.75) is 12.1 Å². The lowest BCUT2D eigenvalue weighted by atomic mass is 9.78. The van der Waals surface area contributed by atoms with E-state index in [0.717, 1.165) is 16.9 Å². The fourth-order valence-corrected chi connectivity index (χ4v) is 4.31. The Labute approximate surface area is 179 Å². The van der Waals surface area contributed by atoms with E-state index in [4.69, 9.17) is 9.57 Å². The first-order valence-corrected chi connectivity index (χ1v) is 9.98. The lowest BCUT2D eigenvalue weighted by molar-refractivity contribution is 0.0533. The van der Waals surface area contributed by atoms with Crippen LogP contribution in [-0.2, 0) is 4.84 Å². The summed E-state index contributed by atoms with van der Waals surface area (Å²) in [6.07, 6.45) is -0.433. The molecule has 0 fully saturated rings. The third-order valence-corrected chi connectivity index (χ3v) is 5.79. The topological polar surface area (TPSA) is 74.9 Å². The number of ether oxygens (including phenoxy) is 1. The summed E-state index contributed by atoms with van der Waals surface area (Å²) in [6, 6.07) is 25.6. The fraction of sp³-hybridized carbons (Fsp3) is 0.160. The van der Waals surface area contributed by atoms with Gasteiger partial charge in [-0.05, 0) is 42.5 Å². The molecule has 6 heteroatoms. The number of nitriles is 1. The minimum Gasteiger partial charge on any atom is -0.497 e. The van der Waals surface area contributed by atoms with E-state index >= 15 is 0 Å². The molecule has 0 N–H and O–H groups in total. The van der Waals surface area contributed by atoms with Crippen molar-refractivity contribution >= 4 is 17.3 Å². The summed E-state index contributed by atoms with van der Waals surface area (Å²) in [5, 5.41) is 14.6. The number of rotatable bonds is 3. The number of carbonyl (C=O) groups is 1. The average molecular weight is 409 g/mol. The van der Waals surface area contributed by atoms with Gasteiger partial charge in [0, 0.05) is 16.7 Å². The van der Waals surface area contributed by atoms with Crippen molar-refractivity contribution in [1.82, 2.24) is 0 Å². The van der Waals surface area contributed by atoms with Crippen LogP contribution in [0, 0.1) is 17.2 Å². The molecule has 3 aromatic carbocycles. The molecule has 152 valence electrons. The Bertz CT molecular complexity index is 1200. The van der Waals surface area contributed by atoms with Gasteiger partial charge in [0.1, 0.15) is 11.8 Å². The minimum atomic E-state index is -0.768. The lowest BCUT2D eigenvalue weighted by Gasteiger charge is -2.39. The second-order valence-corrected chi connectivity index (χ2v) is 7.43. The largest absolute Gasteiger partial charge is 0.497 e. The van der Waals surface area contributed by atoms with Crippen LogP contribution in [0.25, 0.3) is 0 Å². The van der Waals surface area contributed by atoms with Crippen LogP contribution < -0.4 is 9.64 Å². The van der Waals surface area contributed by atoms with Crippen molar-refractivity contribution in [3.05, 3.63) is 95.6 Å². The van der Waals surface area contributed by atoms with Gasteiger partial charge in [-0.25, -0.2) is 0 Å². The van der Waals surface area contributed by atoms with Gasteiger partial charge in [0.25, 0.3) is 5.91 Å². The van der Waals surface area contributed by atoms with Gasteiger partial charge in [0.2, 0.25) is 0 Å². The number of nitrogens with zero attached hydrogens (tertiary/aromatic N) is 3. The normalized spacial score (nSPS) is 21.2. The Balaban J connectivity index is 1.62. The van der Waals surface area contributed by atoms with E-state index in [2.05, 4.69) is 11.2 Å². The average Bonchev–Trinajstić information content (AvgIpc) is 3.28. The molecule has 0 spiro atoms. The molecule has 0 radical (unpaired) electrons. The van der Waals surface area contributed by atoms with E-state index in [1.165, 1.54) is 0 Å². The quantitative estimate of drug-likeness (QED) is 0.645. The summed E-state index contributed by atoms with van der Waals surface area (Å²) >= 11 is 0. The Kier molecular flexibility index (Phi) is 4.64. The van der Waals surface area contributed by atoms with Gasteiger partial charge in [0.15, 0.2) is 6.10 Å². The zero-order valence-corrected chi connectivity index (χ0v) is 16.8. The number of hydrogen-bond acceptors (Lipinski definition) is 5. The highest BCUT2D eigenvalue weighted by atomic mass is 16.6. The molecule has 5 rings (SSSR count). The van der Waals surface area contributed by atoms with Gasteiger partial charge < -0.3 is 9.57 Å². The zero-order valence-electron chi connectivity index (χ0n) is 16.8. The molecule has 0 saturated heterocycles. The number of fused-ring (bicyclic) bond motifs is 3. The van der Waals surface area contributed by atoms with Crippen molar-refractivity contribution in [2.75, 3.05) is 12.0 Å². The molecule has 0 aliphatic carbocycles. The van der Waals surface area contributed by atoms with Crippen molar-refractivity contribution in [3.8, 4) is 11.8 Å². The van der Waals surface area contributed by atoms with E-state index < -0.39 is 18.1 Å². The molecule has 2 heterocycles. The van der Waals surface area contributed by atoms with E-state index in [1.807, 2.05) is 66.7 Å². The van der Waals surface area contributed by atoms with Crippen LogP contribution in [0.4, 0.5) is 5.69 Å². The molecule has 2 aliphatic heterocycles. The smallest absolute Gasteiger partial charge is 0.259 e. The van der Waals surface area contributed by atoms with Gasteiger partial charge in [-0.3, -0.25) is 9.69 Å². The molecule has 3 aromatic rings. The molecule has 0 aromatic heterocycles. The lowest BCUT2D eigenvalue weighted by Crippen LogP contribution is -2.51. The van der Waals surface area contributed by atoms with E-state index in [9.17, 15) is 10.1 Å². The molecular weight excluding hydrogens is 390 g/mol. The number of oxime groups is 1. The standard InChI is InChI=1S/C25H19N3O3/c1-30-18-13-11-16(12-14-18)23-22-21(15-26)28(25(29)17-7-3-2-4-8-17)20-10-6-5-9-19(20)24(22)31-27-23/h2-14,21-22,24H,1H3/t21?,22-,24-/m0/s1. The Morgan fingerprint density at radius 3 is 2.45 bits per heavy atom. The molecule has 1 amide bonds. The van der Waals surface area contributed by atoms with Crippen LogP contribution in [0.2, 0.25) is 0 Å². The van der Waals surface area contributed by atoms with E-state index in [1.54, 1.807) is 24.1 Å². The monoisotopic (exact) mass is 409 g/mol. The number of hydrogen-bond donors (Lipinski definition) is 0. The van der Waals surface area contributed by atoms with Crippen LogP contribution in [0.15, 0.2) is 84.0 Å². The molecular formula is C25H19N3O3. The highest BCUT2D eigenvalue weighted by molar-refractivity contribution is 6.11. The molecule has 0 bridgehead atoms. The van der Waals surface area contributed by atoms with Crippen LogP contribution in [-0.4, -0.2) is 24.8 Å². The first kappa shape index (κ1) is 18.9. The SMILES string of the molecule is COc1ccc(C2=NO[C@H]3c4ccccc4N(C(=O)c4ccccc4)C(C#N)[C@@H]23)cc1. The van der Waals surface area contributed by atoms with Crippen LogP contribution in [0.1, 0.15) is 27.6 Å². The summed E-state index contributed by atoms with van der Waals surface area (Å²) in [4.78, 5) is 20.9. The third-order valence-electron chi connectivity index (χ3n) is 5.79. The second kappa shape index (κ2) is 7.62. The Morgan fingerprint density at radius 1 is 1.03 bits per heavy atom. The Hall–Kier alpha value is -4.11. The number of carbonyl (C=O) groups excluding carboxylic acids is 1. The van der Waals surface area contributed by atoms with Gasteiger partial charge in [0.05, 0.1) is 30.5 Å². The first-order valence-electron chi connectivity index (χ1n) is 9.98. The van der Waals surface area contributed by atoms with Gasteiger partial charge in [-0.1, -0.05) is 41.6 Å². The van der Waals surface area contributed by atoms with Crippen LogP contribution in [0.3, 0.4) is 0 Å². The van der Waals surface area contributed by atoms with Gasteiger partial charge in [-0.15, -0.1) is 0 Å². The molecule has 31 heavy (non-hydrogen) atoms. The number of benzene rings is 3. The Morgan fingerprint density at radius 2 is 1.74 bits per heavy atom. The summed E-state index contributed by atoms with van der Waals surface area (Å²) in [5.74, 6) is 0.0894. The number of anilines is 1. The van der Waals surface area contributed by atoms with Gasteiger partial charge >= 0.3 is 0 Å². The number of amides is 1. The van der Waals surface area contributed by atoms with Crippen molar-refractivity contribution in [3.63, 3.8) is 0 Å². The maximum Gasteiger partial charge on any atom is 0.259 e. The van der Waals surface area contributed by atoms with Crippen molar-refractivity contribution < 1.29 is 14.4 Å². The highest BCUT2D eigenvalue weighted by Gasteiger charge is 2.51. The summed E-state index contributed by atoms with van der Waals surface area (Å²) in [6.45, 7) is 0. The fourth-order valence-electron chi connectivity index (χ4n) is 4.31. The molecule has 0 saturated carbocycles. The summed E-state index contributed by atoms with van der Waals surface area (Å²) in [5.41, 5.74) is 3.53. The zero-order chi connectivity index (χ0) is 21.4. The maximum absolute atomic E-state index is 13.5. The van der Waals surface area contributed by atoms with E-state index in [-0.39, 0.29) is 5.91 Å². The summed E-state index contributed by atoms with van der Waals surface area (Å²) in [7, 11) is 1.61. The molecule has 1 unspecified atom stereocenters. The second-order valence-electron chi connectivity index (χ2n) is 7.43. The van der Waals surface area contributed by atoms with E-state index in [0.29, 0.717) is 17.0 Å². The van der Waals surface area contributed by atoms with Crippen LogP contribution >= 0.6 is 0 Å². The molecule has 3 atom stereocenters.